The SMILES string of the molecule is CCCCN(CC)CC(Cl)c1ccc(CC)cc1. The van der Waals surface area contributed by atoms with Gasteiger partial charge in [0.2, 0.25) is 0 Å². The third-order valence-electron chi connectivity index (χ3n) is 3.44. The van der Waals surface area contributed by atoms with E-state index in [0.717, 1.165) is 26.1 Å². The van der Waals surface area contributed by atoms with Crippen LogP contribution in [0, 0.1) is 0 Å². The lowest BCUT2D eigenvalue weighted by Crippen LogP contribution is -2.28. The van der Waals surface area contributed by atoms with Gasteiger partial charge in [0.1, 0.15) is 0 Å². The van der Waals surface area contributed by atoms with Gasteiger partial charge in [-0.1, -0.05) is 51.5 Å². The maximum Gasteiger partial charge on any atom is 0.0712 e. The van der Waals surface area contributed by atoms with Crippen LogP contribution in [0.25, 0.3) is 0 Å². The number of halogens is 1. The zero-order valence-corrected chi connectivity index (χ0v) is 12.7. The monoisotopic (exact) mass is 267 g/mol. The van der Waals surface area contributed by atoms with Crippen molar-refractivity contribution in [3.05, 3.63) is 35.4 Å². The lowest BCUT2D eigenvalue weighted by atomic mass is 10.1. The molecule has 0 bridgehead atoms. The Hall–Kier alpha value is -0.530. The van der Waals surface area contributed by atoms with Crippen molar-refractivity contribution in [1.82, 2.24) is 4.90 Å². The third-order valence-corrected chi connectivity index (χ3v) is 3.83. The maximum atomic E-state index is 6.51. The molecule has 1 rings (SSSR count). The van der Waals surface area contributed by atoms with E-state index in [1.807, 2.05) is 0 Å². The number of unbranched alkanes of at least 4 members (excludes halogenated alkanes) is 1. The summed E-state index contributed by atoms with van der Waals surface area (Å²) in [6.07, 6.45) is 3.59. The van der Waals surface area contributed by atoms with Crippen LogP contribution >= 0.6 is 11.6 Å². The first-order chi connectivity index (χ1) is 8.71. The fourth-order valence-corrected chi connectivity index (χ4v) is 2.40. The highest BCUT2D eigenvalue weighted by molar-refractivity contribution is 6.21. The van der Waals surface area contributed by atoms with E-state index in [2.05, 4.69) is 49.9 Å². The first-order valence-electron chi connectivity index (χ1n) is 7.16. The van der Waals surface area contributed by atoms with E-state index in [1.54, 1.807) is 0 Å². The van der Waals surface area contributed by atoms with Crippen LogP contribution in [0.3, 0.4) is 0 Å². The summed E-state index contributed by atoms with van der Waals surface area (Å²) >= 11 is 6.51. The van der Waals surface area contributed by atoms with E-state index in [4.69, 9.17) is 11.6 Å². The van der Waals surface area contributed by atoms with Crippen molar-refractivity contribution in [2.24, 2.45) is 0 Å². The van der Waals surface area contributed by atoms with Gasteiger partial charge in [-0.25, -0.2) is 0 Å². The summed E-state index contributed by atoms with van der Waals surface area (Å²) in [5.41, 5.74) is 2.62. The molecule has 0 N–H and O–H groups in total. The molecule has 0 amide bonds. The molecule has 0 aliphatic carbocycles. The molecule has 1 nitrogen and oxygen atoms in total. The van der Waals surface area contributed by atoms with Crippen LogP contribution in [0.15, 0.2) is 24.3 Å². The quantitative estimate of drug-likeness (QED) is 0.620. The Labute approximate surface area is 117 Å². The minimum atomic E-state index is 0.104. The molecule has 0 fully saturated rings. The molecule has 0 aliphatic rings. The molecule has 1 aromatic carbocycles. The Bertz CT molecular complexity index is 320. The lowest BCUT2D eigenvalue weighted by Gasteiger charge is -2.23. The average molecular weight is 268 g/mol. The summed E-state index contributed by atoms with van der Waals surface area (Å²) in [5, 5.41) is 0.104. The lowest BCUT2D eigenvalue weighted by molar-refractivity contribution is 0.283. The highest BCUT2D eigenvalue weighted by Crippen LogP contribution is 2.22. The topological polar surface area (TPSA) is 3.24 Å². The second-order valence-corrected chi connectivity index (χ2v) is 5.34. The van der Waals surface area contributed by atoms with E-state index >= 15 is 0 Å². The molecule has 0 radical (unpaired) electrons. The standard InChI is InChI=1S/C16H26ClN/c1-4-7-12-18(6-3)13-16(17)15-10-8-14(5-2)9-11-15/h8-11,16H,4-7,12-13H2,1-3H3. The van der Waals surface area contributed by atoms with E-state index in [-0.39, 0.29) is 5.38 Å². The van der Waals surface area contributed by atoms with Crippen molar-refractivity contribution in [1.29, 1.82) is 0 Å². The van der Waals surface area contributed by atoms with Crippen LogP contribution in [0.5, 0.6) is 0 Å². The molecule has 1 atom stereocenters. The van der Waals surface area contributed by atoms with Gasteiger partial charge in [0, 0.05) is 6.54 Å². The summed E-state index contributed by atoms with van der Waals surface area (Å²) in [7, 11) is 0. The zero-order valence-electron chi connectivity index (χ0n) is 12.0. The Kier molecular flexibility index (Phi) is 7.38. The molecule has 0 aromatic heterocycles. The minimum Gasteiger partial charge on any atom is -0.302 e. The Balaban J connectivity index is 2.53. The Morgan fingerprint density at radius 1 is 1.11 bits per heavy atom. The number of benzene rings is 1. The number of hydrogen-bond acceptors (Lipinski definition) is 1. The highest BCUT2D eigenvalue weighted by Gasteiger charge is 2.12. The van der Waals surface area contributed by atoms with Crippen LogP contribution in [0.2, 0.25) is 0 Å². The maximum absolute atomic E-state index is 6.51. The van der Waals surface area contributed by atoms with Gasteiger partial charge in [0.15, 0.2) is 0 Å². The van der Waals surface area contributed by atoms with Gasteiger partial charge in [-0.3, -0.25) is 0 Å². The molecule has 0 saturated heterocycles. The van der Waals surface area contributed by atoms with Crippen LogP contribution in [-0.4, -0.2) is 24.5 Å². The molecule has 2 heteroatoms. The van der Waals surface area contributed by atoms with Crippen molar-refractivity contribution in [2.75, 3.05) is 19.6 Å². The van der Waals surface area contributed by atoms with Crippen molar-refractivity contribution in [3.8, 4) is 0 Å². The number of likely N-dealkylation sites (N-methyl/N-ethyl adjacent to an activating group) is 1. The van der Waals surface area contributed by atoms with Crippen molar-refractivity contribution in [2.45, 2.75) is 45.4 Å². The third kappa shape index (κ3) is 4.99. The van der Waals surface area contributed by atoms with Crippen molar-refractivity contribution < 1.29 is 0 Å². The molecule has 1 unspecified atom stereocenters. The smallest absolute Gasteiger partial charge is 0.0712 e. The molecule has 0 saturated carbocycles. The zero-order chi connectivity index (χ0) is 13.4. The number of nitrogens with zero attached hydrogens (tertiary/aromatic N) is 1. The average Bonchev–Trinajstić information content (AvgIpc) is 2.43. The Morgan fingerprint density at radius 3 is 2.28 bits per heavy atom. The molecule has 0 spiro atoms. The van der Waals surface area contributed by atoms with Gasteiger partial charge in [0.25, 0.3) is 0 Å². The van der Waals surface area contributed by atoms with Crippen LogP contribution in [-0.2, 0) is 6.42 Å². The molecular formula is C16H26ClN. The van der Waals surface area contributed by atoms with E-state index in [0.29, 0.717) is 0 Å². The van der Waals surface area contributed by atoms with Crippen molar-refractivity contribution >= 4 is 11.6 Å². The first kappa shape index (κ1) is 15.5. The molecular weight excluding hydrogens is 242 g/mol. The summed E-state index contributed by atoms with van der Waals surface area (Å²) in [5.74, 6) is 0. The Morgan fingerprint density at radius 2 is 1.78 bits per heavy atom. The molecule has 1 aromatic rings. The van der Waals surface area contributed by atoms with Gasteiger partial charge < -0.3 is 4.90 Å². The van der Waals surface area contributed by atoms with Crippen LogP contribution in [0.1, 0.15) is 50.1 Å². The molecule has 102 valence electrons. The predicted molar refractivity (Wildman–Crippen MR) is 81.4 cm³/mol. The summed E-state index contributed by atoms with van der Waals surface area (Å²) in [4.78, 5) is 2.44. The van der Waals surface area contributed by atoms with Gasteiger partial charge in [-0.2, -0.15) is 0 Å². The minimum absolute atomic E-state index is 0.104. The second-order valence-electron chi connectivity index (χ2n) is 4.81. The van der Waals surface area contributed by atoms with Crippen molar-refractivity contribution in [3.63, 3.8) is 0 Å². The molecule has 0 heterocycles. The second kappa shape index (κ2) is 8.55. The normalized spacial score (nSPS) is 12.9. The predicted octanol–water partition coefficient (Wildman–Crippen LogP) is 4.65. The van der Waals surface area contributed by atoms with Gasteiger partial charge in [-0.15, -0.1) is 11.6 Å². The summed E-state index contributed by atoms with van der Waals surface area (Å²) in [6.45, 7) is 9.80. The van der Waals surface area contributed by atoms with E-state index < -0.39 is 0 Å². The summed E-state index contributed by atoms with van der Waals surface area (Å²) < 4.78 is 0. The fraction of sp³-hybridized carbons (Fsp3) is 0.625. The number of aryl methyl sites for hydroxylation is 1. The van der Waals surface area contributed by atoms with Crippen LogP contribution < -0.4 is 0 Å². The summed E-state index contributed by atoms with van der Waals surface area (Å²) in [6, 6.07) is 8.72. The van der Waals surface area contributed by atoms with E-state index in [1.165, 1.54) is 24.0 Å². The highest BCUT2D eigenvalue weighted by atomic mass is 35.5. The van der Waals surface area contributed by atoms with Gasteiger partial charge >= 0.3 is 0 Å². The molecule has 18 heavy (non-hydrogen) atoms. The number of hydrogen-bond donors (Lipinski definition) is 0. The fourth-order valence-electron chi connectivity index (χ4n) is 2.05. The van der Waals surface area contributed by atoms with E-state index in [9.17, 15) is 0 Å². The van der Waals surface area contributed by atoms with Gasteiger partial charge in [0.05, 0.1) is 5.38 Å². The van der Waals surface area contributed by atoms with Crippen LogP contribution in [0.4, 0.5) is 0 Å². The molecule has 0 aliphatic heterocycles. The largest absolute Gasteiger partial charge is 0.302 e. The first-order valence-corrected chi connectivity index (χ1v) is 7.60. The number of alkyl halides is 1. The van der Waals surface area contributed by atoms with Gasteiger partial charge in [-0.05, 0) is 37.1 Å². The number of rotatable bonds is 8.